The highest BCUT2D eigenvalue weighted by atomic mass is 19.1. The smallest absolute Gasteiger partial charge is 0.343 e. The highest BCUT2D eigenvalue weighted by Gasteiger charge is 2.28. The van der Waals surface area contributed by atoms with Crippen molar-refractivity contribution in [2.24, 2.45) is 0 Å². The lowest BCUT2D eigenvalue weighted by Crippen LogP contribution is -2.35. The minimum Gasteiger partial charge on any atom is -0.418 e. The van der Waals surface area contributed by atoms with Crippen LogP contribution in [0, 0.1) is 17.5 Å². The molecule has 16 heavy (non-hydrogen) atoms. The number of benzene rings is 1. The molecule has 88 valence electrons. The van der Waals surface area contributed by atoms with E-state index in [0.29, 0.717) is 12.1 Å². The second kappa shape index (κ2) is 4.13. The molecule has 0 atom stereocenters. The Hall–Kier alpha value is -1.56. The van der Waals surface area contributed by atoms with Crippen LogP contribution < -0.4 is 4.74 Å². The lowest BCUT2D eigenvalue weighted by molar-refractivity contribution is -0.152. The predicted octanol–water partition coefficient (Wildman–Crippen LogP) is 1.78. The summed E-state index contributed by atoms with van der Waals surface area (Å²) in [6.45, 7) is 2.18. The number of carbonyl (C=O) groups excluding carboxylic acids is 1. The third-order valence-corrected chi connectivity index (χ3v) is 1.66. The number of carbonyl (C=O) groups is 1. The van der Waals surface area contributed by atoms with Gasteiger partial charge in [-0.25, -0.2) is 18.0 Å². The Kier molecular flexibility index (Phi) is 3.23. The van der Waals surface area contributed by atoms with E-state index in [4.69, 9.17) is 0 Å². The molecule has 1 aromatic rings. The molecule has 1 N–H and O–H groups in total. The van der Waals surface area contributed by atoms with Crippen LogP contribution in [0.25, 0.3) is 0 Å². The summed E-state index contributed by atoms with van der Waals surface area (Å²) in [5.74, 6) is -6.10. The molecule has 0 saturated carbocycles. The van der Waals surface area contributed by atoms with Crippen LogP contribution in [-0.4, -0.2) is 16.7 Å². The Balaban J connectivity index is 3.03. The summed E-state index contributed by atoms with van der Waals surface area (Å²) in [7, 11) is 0. The Morgan fingerprint density at radius 3 is 2.06 bits per heavy atom. The van der Waals surface area contributed by atoms with Gasteiger partial charge in [-0.3, -0.25) is 0 Å². The van der Waals surface area contributed by atoms with Crippen LogP contribution in [0.1, 0.15) is 13.8 Å². The van der Waals surface area contributed by atoms with E-state index in [1.807, 2.05) is 0 Å². The molecule has 0 spiro atoms. The maximum atomic E-state index is 13.0. The van der Waals surface area contributed by atoms with Crippen LogP contribution in [-0.2, 0) is 4.79 Å². The highest BCUT2D eigenvalue weighted by molar-refractivity contribution is 5.80. The third kappa shape index (κ3) is 2.73. The molecule has 3 nitrogen and oxygen atoms in total. The van der Waals surface area contributed by atoms with Crippen LogP contribution >= 0.6 is 0 Å². The second-order valence-corrected chi connectivity index (χ2v) is 3.65. The van der Waals surface area contributed by atoms with E-state index >= 15 is 0 Å². The van der Waals surface area contributed by atoms with Gasteiger partial charge in [0.05, 0.1) is 0 Å². The molecule has 0 radical (unpaired) electrons. The third-order valence-electron chi connectivity index (χ3n) is 1.66. The summed E-state index contributed by atoms with van der Waals surface area (Å²) >= 11 is 0. The number of aliphatic hydroxyl groups is 1. The van der Waals surface area contributed by atoms with Crippen molar-refractivity contribution in [1.29, 1.82) is 0 Å². The summed E-state index contributed by atoms with van der Waals surface area (Å²) in [6, 6.07) is 0.742. The molecule has 1 aromatic carbocycles. The first-order chi connectivity index (χ1) is 7.21. The predicted molar refractivity (Wildman–Crippen MR) is 48.2 cm³/mol. The molecular weight excluding hydrogens is 225 g/mol. The summed E-state index contributed by atoms with van der Waals surface area (Å²) in [6.07, 6.45) is 0. The maximum absolute atomic E-state index is 13.0. The zero-order chi connectivity index (χ0) is 12.5. The van der Waals surface area contributed by atoms with Crippen LogP contribution in [0.4, 0.5) is 13.2 Å². The lowest BCUT2D eigenvalue weighted by Gasteiger charge is -2.15. The molecular formula is C10H9F3O3. The molecule has 0 heterocycles. The van der Waals surface area contributed by atoms with Gasteiger partial charge in [0.1, 0.15) is 5.82 Å². The maximum Gasteiger partial charge on any atom is 0.343 e. The quantitative estimate of drug-likeness (QED) is 0.626. The minimum atomic E-state index is -1.90. The van der Waals surface area contributed by atoms with Crippen LogP contribution in [0.3, 0.4) is 0 Å². The molecule has 0 aromatic heterocycles. The fourth-order valence-electron chi connectivity index (χ4n) is 0.844. The number of halogens is 3. The van der Waals surface area contributed by atoms with Crippen LogP contribution in [0.2, 0.25) is 0 Å². The van der Waals surface area contributed by atoms with Crippen molar-refractivity contribution in [2.75, 3.05) is 0 Å². The fourth-order valence-corrected chi connectivity index (χ4v) is 0.844. The Bertz CT molecular complexity index is 401. The van der Waals surface area contributed by atoms with E-state index < -0.39 is 34.8 Å². The van der Waals surface area contributed by atoms with E-state index in [9.17, 15) is 23.1 Å². The van der Waals surface area contributed by atoms with Crippen LogP contribution in [0.15, 0.2) is 12.1 Å². The molecule has 0 unspecified atom stereocenters. The monoisotopic (exact) mass is 234 g/mol. The molecule has 0 aliphatic rings. The fraction of sp³-hybridized carbons (Fsp3) is 0.300. The Morgan fingerprint density at radius 1 is 1.25 bits per heavy atom. The first kappa shape index (κ1) is 12.5. The summed E-state index contributed by atoms with van der Waals surface area (Å²) in [4.78, 5) is 11.1. The standard InChI is InChI=1S/C10H9F3O3/c1-10(2,15)9(14)16-8-6(12)3-5(11)4-7(8)13/h3-4,15H,1-2H3. The lowest BCUT2D eigenvalue weighted by atomic mass is 10.1. The van der Waals surface area contributed by atoms with Crippen LogP contribution in [0.5, 0.6) is 5.75 Å². The average Bonchev–Trinajstić information content (AvgIpc) is 2.08. The van der Waals surface area contributed by atoms with Crippen molar-refractivity contribution in [3.8, 4) is 5.75 Å². The number of esters is 1. The number of ether oxygens (including phenoxy) is 1. The molecule has 1 rings (SSSR count). The van der Waals surface area contributed by atoms with Gasteiger partial charge in [0, 0.05) is 12.1 Å². The highest BCUT2D eigenvalue weighted by Crippen LogP contribution is 2.24. The van der Waals surface area contributed by atoms with E-state index in [2.05, 4.69) is 4.74 Å². The molecule has 0 saturated heterocycles. The molecule has 6 heteroatoms. The molecule has 0 aliphatic heterocycles. The van der Waals surface area contributed by atoms with Gasteiger partial charge in [-0.15, -0.1) is 0 Å². The van der Waals surface area contributed by atoms with E-state index in [1.165, 1.54) is 0 Å². The molecule has 0 amide bonds. The van der Waals surface area contributed by atoms with Gasteiger partial charge in [-0.05, 0) is 13.8 Å². The van der Waals surface area contributed by atoms with Crippen molar-refractivity contribution in [2.45, 2.75) is 19.4 Å². The second-order valence-electron chi connectivity index (χ2n) is 3.65. The SMILES string of the molecule is CC(C)(O)C(=O)Oc1c(F)cc(F)cc1F. The summed E-state index contributed by atoms with van der Waals surface area (Å²) < 4.78 is 42.8. The van der Waals surface area contributed by atoms with Gasteiger partial charge < -0.3 is 9.84 Å². The molecule has 0 aliphatic carbocycles. The van der Waals surface area contributed by atoms with E-state index in [0.717, 1.165) is 13.8 Å². The zero-order valence-electron chi connectivity index (χ0n) is 8.55. The molecule has 0 bridgehead atoms. The molecule has 0 fully saturated rings. The van der Waals surface area contributed by atoms with Gasteiger partial charge >= 0.3 is 5.97 Å². The topological polar surface area (TPSA) is 46.5 Å². The van der Waals surface area contributed by atoms with Gasteiger partial charge in [-0.2, -0.15) is 0 Å². The largest absolute Gasteiger partial charge is 0.418 e. The number of hydrogen-bond acceptors (Lipinski definition) is 3. The zero-order valence-corrected chi connectivity index (χ0v) is 8.55. The van der Waals surface area contributed by atoms with Crippen molar-refractivity contribution in [3.05, 3.63) is 29.6 Å². The van der Waals surface area contributed by atoms with Gasteiger partial charge in [0.2, 0.25) is 5.75 Å². The normalized spacial score (nSPS) is 11.4. The van der Waals surface area contributed by atoms with Crippen molar-refractivity contribution in [3.63, 3.8) is 0 Å². The van der Waals surface area contributed by atoms with Crippen molar-refractivity contribution < 1.29 is 27.8 Å². The van der Waals surface area contributed by atoms with Crippen molar-refractivity contribution >= 4 is 5.97 Å². The van der Waals surface area contributed by atoms with Crippen molar-refractivity contribution in [1.82, 2.24) is 0 Å². The number of hydrogen-bond donors (Lipinski definition) is 1. The van der Waals surface area contributed by atoms with Gasteiger partial charge in [-0.1, -0.05) is 0 Å². The first-order valence-electron chi connectivity index (χ1n) is 4.31. The average molecular weight is 234 g/mol. The Labute approximate surface area is 89.5 Å². The van der Waals surface area contributed by atoms with E-state index in [1.54, 1.807) is 0 Å². The van der Waals surface area contributed by atoms with E-state index in [-0.39, 0.29) is 0 Å². The summed E-state index contributed by atoms with van der Waals surface area (Å²) in [5.41, 5.74) is -1.90. The Morgan fingerprint density at radius 2 is 1.69 bits per heavy atom. The number of rotatable bonds is 2. The minimum absolute atomic E-state index is 0.371. The van der Waals surface area contributed by atoms with Gasteiger partial charge in [0.25, 0.3) is 0 Å². The summed E-state index contributed by atoms with van der Waals surface area (Å²) in [5, 5.41) is 9.19. The first-order valence-corrected chi connectivity index (χ1v) is 4.31. The van der Waals surface area contributed by atoms with Gasteiger partial charge in [0.15, 0.2) is 17.2 Å².